The number of amides is 1. The summed E-state index contributed by atoms with van der Waals surface area (Å²) < 4.78 is 0. The molecule has 0 aromatic heterocycles. The molecule has 1 saturated heterocycles. The van der Waals surface area contributed by atoms with Crippen LogP contribution in [-0.2, 0) is 14.4 Å². The molecule has 1 aliphatic rings. The molecule has 0 spiro atoms. The number of carbonyl (C=O) groups excluding carboxylic acids is 2. The van der Waals surface area contributed by atoms with E-state index in [2.05, 4.69) is 4.99 Å². The molecule has 2 atom stereocenters. The minimum absolute atomic E-state index is 0.0563. The van der Waals surface area contributed by atoms with E-state index >= 15 is 0 Å². The van der Waals surface area contributed by atoms with Crippen LogP contribution in [0.25, 0.3) is 0 Å². The van der Waals surface area contributed by atoms with E-state index in [-0.39, 0.29) is 24.7 Å². The van der Waals surface area contributed by atoms with Gasteiger partial charge in [-0.3, -0.25) is 19.5 Å². The van der Waals surface area contributed by atoms with E-state index in [1.807, 2.05) is 0 Å². The van der Waals surface area contributed by atoms with Crippen molar-refractivity contribution < 1.29 is 19.5 Å². The van der Waals surface area contributed by atoms with E-state index < -0.39 is 24.0 Å². The predicted molar refractivity (Wildman–Crippen MR) is 80.1 cm³/mol. The molecule has 124 valence electrons. The Labute approximate surface area is 128 Å². The summed E-state index contributed by atoms with van der Waals surface area (Å²) in [4.78, 5) is 42.2. The summed E-state index contributed by atoms with van der Waals surface area (Å²) >= 11 is 0. The Balaban J connectivity index is 2.78. The quantitative estimate of drug-likeness (QED) is 0.218. The topological polar surface area (TPSA) is 142 Å². The van der Waals surface area contributed by atoms with Crippen molar-refractivity contribution in [3.8, 4) is 0 Å². The molecule has 5 N–H and O–H groups in total. The van der Waals surface area contributed by atoms with Gasteiger partial charge in [0, 0.05) is 19.6 Å². The first-order valence-electron chi connectivity index (χ1n) is 7.05. The molecule has 0 aromatic rings. The molecule has 0 saturated carbocycles. The van der Waals surface area contributed by atoms with Crippen LogP contribution in [0.2, 0.25) is 0 Å². The maximum absolute atomic E-state index is 12.4. The number of aliphatic carboxylic acids is 1. The highest BCUT2D eigenvalue weighted by Gasteiger charge is 2.40. The molecular weight excluding hydrogens is 290 g/mol. The van der Waals surface area contributed by atoms with E-state index in [0.29, 0.717) is 19.5 Å². The minimum atomic E-state index is -1.09. The van der Waals surface area contributed by atoms with Crippen molar-refractivity contribution in [2.24, 2.45) is 16.5 Å². The molecular formula is C13H23N5O4. The molecule has 1 amide bonds. The molecule has 0 radical (unpaired) electrons. The monoisotopic (exact) mass is 313 g/mol. The fourth-order valence-corrected chi connectivity index (χ4v) is 2.55. The Morgan fingerprint density at radius 2 is 2.05 bits per heavy atom. The first-order chi connectivity index (χ1) is 10.3. The lowest BCUT2D eigenvalue weighted by atomic mass is 10.0. The van der Waals surface area contributed by atoms with Gasteiger partial charge in [0.05, 0.1) is 0 Å². The third-order valence-electron chi connectivity index (χ3n) is 3.63. The molecule has 1 heterocycles. The highest BCUT2D eigenvalue weighted by Crippen LogP contribution is 2.17. The van der Waals surface area contributed by atoms with Crippen LogP contribution in [0.4, 0.5) is 0 Å². The van der Waals surface area contributed by atoms with Crippen molar-refractivity contribution in [3.05, 3.63) is 0 Å². The van der Waals surface area contributed by atoms with Crippen LogP contribution in [0.5, 0.6) is 0 Å². The zero-order valence-electron chi connectivity index (χ0n) is 12.9. The van der Waals surface area contributed by atoms with Gasteiger partial charge in [0.15, 0.2) is 11.7 Å². The highest BCUT2D eigenvalue weighted by molar-refractivity contribution is 6.05. The number of carbonyl (C=O) groups is 3. The first-order valence-corrected chi connectivity index (χ1v) is 7.05. The fourth-order valence-electron chi connectivity index (χ4n) is 2.55. The normalized spacial score (nSPS) is 20.5. The maximum atomic E-state index is 12.4. The Hall–Kier alpha value is -2.16. The average Bonchev–Trinajstić information content (AvgIpc) is 2.39. The number of likely N-dealkylation sites (N-methyl/N-ethyl adjacent to an activating group) is 1. The summed E-state index contributed by atoms with van der Waals surface area (Å²) in [6.07, 6.45) is 0.658. The number of carboxylic acids is 1. The Bertz CT molecular complexity index is 475. The summed E-state index contributed by atoms with van der Waals surface area (Å²) in [5.41, 5.74) is 10.4. The van der Waals surface area contributed by atoms with Gasteiger partial charge in [0.2, 0.25) is 5.91 Å². The van der Waals surface area contributed by atoms with E-state index in [0.717, 1.165) is 0 Å². The number of Topliss-reactive ketones (excluding diaryl/α,β-unsaturated/α-hetero) is 1. The zero-order valence-corrected chi connectivity index (χ0v) is 12.9. The van der Waals surface area contributed by atoms with Crippen molar-refractivity contribution in [2.75, 3.05) is 26.7 Å². The van der Waals surface area contributed by atoms with Gasteiger partial charge in [-0.25, -0.2) is 4.79 Å². The number of hydrogen-bond acceptors (Lipinski definition) is 5. The van der Waals surface area contributed by atoms with Gasteiger partial charge in [-0.2, -0.15) is 0 Å². The lowest BCUT2D eigenvalue weighted by Crippen LogP contribution is -2.62. The Morgan fingerprint density at radius 1 is 1.41 bits per heavy atom. The van der Waals surface area contributed by atoms with Gasteiger partial charge in [-0.1, -0.05) is 0 Å². The molecule has 9 heteroatoms. The largest absolute Gasteiger partial charge is 0.480 e. The summed E-state index contributed by atoms with van der Waals surface area (Å²) in [6.45, 7) is 2.35. The van der Waals surface area contributed by atoms with Crippen LogP contribution < -0.4 is 11.5 Å². The first kappa shape index (κ1) is 17.9. The number of piperazine rings is 1. The number of hydrogen-bond donors (Lipinski definition) is 3. The number of ketones is 1. The average molecular weight is 313 g/mol. The maximum Gasteiger partial charge on any atom is 0.326 e. The van der Waals surface area contributed by atoms with E-state index in [1.165, 1.54) is 11.8 Å². The summed E-state index contributed by atoms with van der Waals surface area (Å²) in [6, 6.07) is -1.88. The third kappa shape index (κ3) is 4.42. The molecule has 0 aromatic carbocycles. The molecule has 0 bridgehead atoms. The molecule has 22 heavy (non-hydrogen) atoms. The SMILES string of the molecule is CC(=O)C1C(=O)N(C(CCCN=C(N)N)C(=O)O)CCN1C. The number of carboxylic acid groups (broad SMARTS) is 1. The van der Waals surface area contributed by atoms with Crippen LogP contribution in [0.1, 0.15) is 19.8 Å². The van der Waals surface area contributed by atoms with Crippen LogP contribution in [0.3, 0.4) is 0 Å². The molecule has 1 rings (SSSR count). The third-order valence-corrected chi connectivity index (χ3v) is 3.63. The van der Waals surface area contributed by atoms with Crippen molar-refractivity contribution in [1.29, 1.82) is 0 Å². The van der Waals surface area contributed by atoms with Crippen LogP contribution >= 0.6 is 0 Å². The number of nitrogens with two attached hydrogens (primary N) is 2. The molecule has 9 nitrogen and oxygen atoms in total. The summed E-state index contributed by atoms with van der Waals surface area (Å²) in [5, 5.41) is 9.36. The molecule has 1 aliphatic heterocycles. The van der Waals surface area contributed by atoms with Gasteiger partial charge >= 0.3 is 5.97 Å². The Morgan fingerprint density at radius 3 is 2.55 bits per heavy atom. The number of rotatable bonds is 7. The van der Waals surface area contributed by atoms with Gasteiger partial charge < -0.3 is 21.5 Å². The van der Waals surface area contributed by atoms with E-state index in [4.69, 9.17) is 11.5 Å². The van der Waals surface area contributed by atoms with Crippen LogP contribution in [-0.4, -0.2) is 77.3 Å². The lowest BCUT2D eigenvalue weighted by molar-refractivity contribution is -0.158. The number of nitrogens with zero attached hydrogens (tertiary/aromatic N) is 3. The lowest BCUT2D eigenvalue weighted by Gasteiger charge is -2.40. The zero-order chi connectivity index (χ0) is 16.9. The molecule has 0 aliphatic carbocycles. The highest BCUT2D eigenvalue weighted by atomic mass is 16.4. The van der Waals surface area contributed by atoms with Gasteiger partial charge in [-0.05, 0) is 26.8 Å². The van der Waals surface area contributed by atoms with Gasteiger partial charge in [0.1, 0.15) is 12.1 Å². The van der Waals surface area contributed by atoms with E-state index in [1.54, 1.807) is 11.9 Å². The fraction of sp³-hybridized carbons (Fsp3) is 0.692. The summed E-state index contributed by atoms with van der Waals surface area (Å²) in [7, 11) is 1.68. The number of guanidine groups is 1. The Kier molecular flexibility index (Phi) is 6.29. The molecule has 1 fully saturated rings. The standard InChI is InChI=1S/C13H23N5O4/c1-8(19)10-11(20)18(7-6-17(10)2)9(12(21)22)4-3-5-16-13(14)15/h9-10H,3-7H2,1-2H3,(H,21,22)(H4,14,15,16). The second-order valence-corrected chi connectivity index (χ2v) is 5.33. The predicted octanol–water partition coefficient (Wildman–Crippen LogP) is -1.78. The minimum Gasteiger partial charge on any atom is -0.480 e. The molecule has 2 unspecified atom stereocenters. The van der Waals surface area contributed by atoms with Crippen molar-refractivity contribution in [3.63, 3.8) is 0 Å². The summed E-state index contributed by atoms with van der Waals surface area (Å²) in [5.74, 6) is -1.90. The van der Waals surface area contributed by atoms with Crippen LogP contribution in [0, 0.1) is 0 Å². The van der Waals surface area contributed by atoms with Gasteiger partial charge in [0.25, 0.3) is 0 Å². The van der Waals surface area contributed by atoms with Crippen LogP contribution in [0.15, 0.2) is 4.99 Å². The second-order valence-electron chi connectivity index (χ2n) is 5.33. The second kappa shape index (κ2) is 7.74. The van der Waals surface area contributed by atoms with Crippen molar-refractivity contribution in [2.45, 2.75) is 31.8 Å². The van der Waals surface area contributed by atoms with E-state index in [9.17, 15) is 19.5 Å². The number of aliphatic imine (C=N–C) groups is 1. The van der Waals surface area contributed by atoms with Crippen molar-refractivity contribution >= 4 is 23.6 Å². The van der Waals surface area contributed by atoms with Crippen molar-refractivity contribution in [1.82, 2.24) is 9.80 Å². The smallest absolute Gasteiger partial charge is 0.326 e. The van der Waals surface area contributed by atoms with Gasteiger partial charge in [-0.15, -0.1) is 0 Å².